The molecule has 0 fully saturated rings. The smallest absolute Gasteiger partial charge is 0.336 e. The van der Waals surface area contributed by atoms with Gasteiger partial charge in [0.25, 0.3) is 11.1 Å². The van der Waals surface area contributed by atoms with Crippen LogP contribution in [-0.2, 0) is 6.42 Å². The molecule has 0 saturated carbocycles. The van der Waals surface area contributed by atoms with Crippen molar-refractivity contribution in [1.29, 1.82) is 0 Å². The molecule has 0 unspecified atom stereocenters. The van der Waals surface area contributed by atoms with E-state index in [-0.39, 0.29) is 63.5 Å². The van der Waals surface area contributed by atoms with Crippen LogP contribution in [-0.4, -0.2) is 101 Å². The number of aromatic carboxylic acids is 6. The summed E-state index contributed by atoms with van der Waals surface area (Å²) in [6, 6.07) is 10.1. The van der Waals surface area contributed by atoms with Crippen LogP contribution in [0.5, 0.6) is 0 Å². The quantitative estimate of drug-likeness (QED) is 0.0644. The van der Waals surface area contributed by atoms with Gasteiger partial charge in [0.05, 0.1) is 39.1 Å². The summed E-state index contributed by atoms with van der Waals surface area (Å²) in [7, 11) is 0. The SMILES string of the molecule is Cc1nn(-c2nc(Nc3cc(C(=O)O)cc(C(=O)O)c3)nc(Nc3cc(C(=O)O)cc(C(=O)O)c3)n2)c(N)c1/N=N/c1nnc(Cc2ccc(C(=O)O)c(C(=O)O)c2)s1. The number of carbonyl (C=O) groups is 6. The highest BCUT2D eigenvalue weighted by molar-refractivity contribution is 7.14. The molecular formula is C34H24N12O12S. The van der Waals surface area contributed by atoms with Crippen LogP contribution < -0.4 is 16.4 Å². The largest absolute Gasteiger partial charge is 0.478 e. The Morgan fingerprint density at radius 1 is 0.661 bits per heavy atom. The molecule has 6 rings (SSSR count). The van der Waals surface area contributed by atoms with Gasteiger partial charge in [0, 0.05) is 17.8 Å². The number of hydrogen-bond donors (Lipinski definition) is 9. The third-order valence-corrected chi connectivity index (χ3v) is 8.64. The number of anilines is 5. The summed E-state index contributed by atoms with van der Waals surface area (Å²) < 4.78 is 1.01. The van der Waals surface area contributed by atoms with Gasteiger partial charge in [-0.1, -0.05) is 17.4 Å². The molecule has 25 heteroatoms. The fraction of sp³-hybridized carbons (Fsp3) is 0.0588. The van der Waals surface area contributed by atoms with E-state index in [2.05, 4.69) is 51.1 Å². The predicted octanol–water partition coefficient (Wildman–Crippen LogP) is 4.48. The summed E-state index contributed by atoms with van der Waals surface area (Å²) in [5.74, 6) is -9.73. The maximum absolute atomic E-state index is 11.7. The van der Waals surface area contributed by atoms with Crippen molar-refractivity contribution in [1.82, 2.24) is 34.9 Å². The van der Waals surface area contributed by atoms with E-state index in [0.717, 1.165) is 52.4 Å². The molecular weight excluding hydrogens is 801 g/mol. The van der Waals surface area contributed by atoms with Gasteiger partial charge in [0.15, 0.2) is 11.5 Å². The summed E-state index contributed by atoms with van der Waals surface area (Å²) in [5.41, 5.74) is 4.58. The number of hydrogen-bond acceptors (Lipinski definition) is 18. The number of benzene rings is 3. The van der Waals surface area contributed by atoms with E-state index >= 15 is 0 Å². The zero-order valence-electron chi connectivity index (χ0n) is 29.5. The van der Waals surface area contributed by atoms with Gasteiger partial charge in [-0.15, -0.1) is 20.4 Å². The molecule has 6 aromatic rings. The van der Waals surface area contributed by atoms with Crippen LogP contribution >= 0.6 is 11.3 Å². The first-order valence-corrected chi connectivity index (χ1v) is 17.0. The molecule has 0 atom stereocenters. The molecule has 3 aromatic carbocycles. The summed E-state index contributed by atoms with van der Waals surface area (Å²) in [4.78, 5) is 82.7. The molecule has 3 aromatic heterocycles. The number of carboxylic acid groups (broad SMARTS) is 6. The first-order chi connectivity index (χ1) is 27.9. The maximum atomic E-state index is 11.7. The van der Waals surface area contributed by atoms with E-state index in [9.17, 15) is 59.4 Å². The number of rotatable bonds is 15. The molecule has 0 bridgehead atoms. The Balaban J connectivity index is 1.35. The molecule has 3 heterocycles. The number of nitrogens with one attached hydrogen (secondary N) is 2. The van der Waals surface area contributed by atoms with Crippen molar-refractivity contribution < 1.29 is 59.4 Å². The van der Waals surface area contributed by atoms with E-state index in [4.69, 9.17) is 5.73 Å². The van der Waals surface area contributed by atoms with Crippen LogP contribution in [0.2, 0.25) is 0 Å². The molecule has 0 aliphatic carbocycles. The van der Waals surface area contributed by atoms with E-state index in [1.54, 1.807) is 0 Å². The maximum Gasteiger partial charge on any atom is 0.336 e. The normalized spacial score (nSPS) is 11.0. The topological polar surface area (TPSA) is 381 Å². The molecule has 59 heavy (non-hydrogen) atoms. The van der Waals surface area contributed by atoms with Crippen molar-refractivity contribution >= 4 is 87.1 Å². The van der Waals surface area contributed by atoms with Gasteiger partial charge >= 0.3 is 35.8 Å². The average molecular weight is 825 g/mol. The Bertz CT molecular complexity index is 2620. The van der Waals surface area contributed by atoms with Gasteiger partial charge in [-0.2, -0.15) is 24.7 Å². The molecule has 298 valence electrons. The Kier molecular flexibility index (Phi) is 10.9. The van der Waals surface area contributed by atoms with Crippen molar-refractivity contribution in [2.45, 2.75) is 13.3 Å². The molecule has 0 amide bonds. The van der Waals surface area contributed by atoms with Crippen LogP contribution in [0, 0.1) is 6.92 Å². The zero-order valence-corrected chi connectivity index (χ0v) is 30.4. The Hall–Kier alpha value is -8.74. The molecule has 0 aliphatic rings. The summed E-state index contributed by atoms with van der Waals surface area (Å²) >= 11 is 0.992. The number of nitrogen functional groups attached to an aromatic ring is 1. The summed E-state index contributed by atoms with van der Waals surface area (Å²) in [5, 5.41) is 83.3. The highest BCUT2D eigenvalue weighted by atomic mass is 32.1. The average Bonchev–Trinajstić information content (AvgIpc) is 3.74. The van der Waals surface area contributed by atoms with Gasteiger partial charge < -0.3 is 47.0 Å². The van der Waals surface area contributed by atoms with Gasteiger partial charge in [-0.05, 0) is 61.0 Å². The summed E-state index contributed by atoms with van der Waals surface area (Å²) in [6.45, 7) is 1.52. The number of nitrogens with zero attached hydrogens (tertiary/aromatic N) is 9. The minimum Gasteiger partial charge on any atom is -0.478 e. The minimum absolute atomic E-state index is 0.0158. The number of aryl methyl sites for hydroxylation is 1. The number of azo groups is 1. The minimum atomic E-state index is -1.43. The van der Waals surface area contributed by atoms with Crippen LogP contribution in [0.25, 0.3) is 5.95 Å². The zero-order chi connectivity index (χ0) is 42.7. The molecule has 0 radical (unpaired) electrons. The predicted molar refractivity (Wildman–Crippen MR) is 201 cm³/mol. The Morgan fingerprint density at radius 2 is 1.17 bits per heavy atom. The molecule has 24 nitrogen and oxygen atoms in total. The third kappa shape index (κ3) is 9.05. The van der Waals surface area contributed by atoms with Crippen LogP contribution in [0.15, 0.2) is 64.8 Å². The van der Waals surface area contributed by atoms with E-state index in [1.165, 1.54) is 25.1 Å². The highest BCUT2D eigenvalue weighted by Gasteiger charge is 2.21. The third-order valence-electron chi connectivity index (χ3n) is 7.83. The van der Waals surface area contributed by atoms with Crippen molar-refractivity contribution in [3.05, 3.63) is 104 Å². The lowest BCUT2D eigenvalue weighted by atomic mass is 10.0. The van der Waals surface area contributed by atoms with Crippen molar-refractivity contribution in [3.63, 3.8) is 0 Å². The fourth-order valence-electron chi connectivity index (χ4n) is 5.22. The summed E-state index contributed by atoms with van der Waals surface area (Å²) in [6.07, 6.45) is 0.0923. The lowest BCUT2D eigenvalue weighted by Crippen LogP contribution is -2.13. The first kappa shape index (κ1) is 39.9. The number of aromatic nitrogens is 7. The standard InChI is InChI=1S/C34H24N12O12S/c1-12-23(42-44-34-43-41-22(59-34)5-13-2-3-20(29(55)56)21(4-13)30(57)58)24(35)46(45-12)33-39-31(36-18-8-14(25(47)48)6-15(9-18)26(49)50)38-32(40-33)37-19-10-16(27(51)52)7-17(11-19)28(53)54/h2-4,6-11H,5,35H2,1H3,(H,47,48)(H,49,50)(H,51,52)(H,53,54)(H,55,56)(H,57,58)(H2,36,37,38,39,40)/b44-42+. The number of carboxylic acids is 6. The van der Waals surface area contributed by atoms with E-state index in [0.29, 0.717) is 10.6 Å². The van der Waals surface area contributed by atoms with E-state index in [1.807, 2.05) is 0 Å². The van der Waals surface area contributed by atoms with Gasteiger partial charge in [-0.3, -0.25) is 0 Å². The lowest BCUT2D eigenvalue weighted by Gasteiger charge is -2.12. The second-order valence-corrected chi connectivity index (χ2v) is 13.0. The van der Waals surface area contributed by atoms with Crippen LogP contribution in [0.3, 0.4) is 0 Å². The van der Waals surface area contributed by atoms with Gasteiger partial charge in [-0.25, -0.2) is 28.8 Å². The second-order valence-electron chi connectivity index (χ2n) is 11.9. The van der Waals surface area contributed by atoms with Crippen molar-refractivity contribution in [2.24, 2.45) is 10.2 Å². The Labute approximate surface area is 331 Å². The molecule has 10 N–H and O–H groups in total. The van der Waals surface area contributed by atoms with E-state index < -0.39 is 63.6 Å². The van der Waals surface area contributed by atoms with Gasteiger partial charge in [0.2, 0.25) is 11.9 Å². The fourth-order valence-corrected chi connectivity index (χ4v) is 5.92. The highest BCUT2D eigenvalue weighted by Crippen LogP contribution is 2.32. The van der Waals surface area contributed by atoms with Crippen LogP contribution in [0.1, 0.15) is 78.4 Å². The van der Waals surface area contributed by atoms with Crippen molar-refractivity contribution in [3.8, 4) is 5.95 Å². The second kappa shape index (κ2) is 16.2. The molecule has 0 aliphatic heterocycles. The molecule has 0 saturated heterocycles. The Morgan fingerprint density at radius 3 is 1.64 bits per heavy atom. The molecule has 0 spiro atoms. The number of nitrogens with two attached hydrogens (primary N) is 1. The lowest BCUT2D eigenvalue weighted by molar-refractivity contribution is 0.0651. The van der Waals surface area contributed by atoms with Crippen molar-refractivity contribution in [2.75, 3.05) is 16.4 Å². The van der Waals surface area contributed by atoms with Crippen LogP contribution in [0.4, 0.5) is 39.9 Å². The monoisotopic (exact) mass is 824 g/mol. The first-order valence-electron chi connectivity index (χ1n) is 16.2. The van der Waals surface area contributed by atoms with Gasteiger partial charge in [0.1, 0.15) is 5.01 Å².